The first-order valence-corrected chi connectivity index (χ1v) is 4.01. The van der Waals surface area contributed by atoms with Gasteiger partial charge in [-0.05, 0) is 12.3 Å². The predicted octanol–water partition coefficient (Wildman–Crippen LogP) is 1.61. The van der Waals surface area contributed by atoms with Crippen molar-refractivity contribution >= 4 is 11.6 Å². The fourth-order valence-electron chi connectivity index (χ4n) is 1.23. The van der Waals surface area contributed by atoms with E-state index >= 15 is 0 Å². The Bertz CT molecular complexity index is 92.9. The molecule has 0 aromatic heterocycles. The van der Waals surface area contributed by atoms with Crippen molar-refractivity contribution < 1.29 is 0 Å². The van der Waals surface area contributed by atoms with Gasteiger partial charge in [0.05, 0.1) is 0 Å². The fraction of sp³-hybridized carbons (Fsp3) is 1.00. The molecule has 0 aromatic carbocycles. The second kappa shape index (κ2) is 2.89. The van der Waals surface area contributed by atoms with E-state index in [4.69, 9.17) is 11.6 Å². The predicted molar refractivity (Wildman–Crippen MR) is 40.9 cm³/mol. The van der Waals surface area contributed by atoms with Crippen molar-refractivity contribution in [3.63, 3.8) is 0 Å². The first kappa shape index (κ1) is 7.36. The summed E-state index contributed by atoms with van der Waals surface area (Å²) in [7, 11) is 0. The molecular formula is C7H14ClN. The molecule has 1 aliphatic rings. The van der Waals surface area contributed by atoms with Crippen molar-refractivity contribution in [3.8, 4) is 0 Å². The minimum atomic E-state index is 0.373. The first-order chi connectivity index (χ1) is 4.20. The van der Waals surface area contributed by atoms with Gasteiger partial charge in [0.25, 0.3) is 0 Å². The molecule has 2 unspecified atom stereocenters. The van der Waals surface area contributed by atoms with Crippen molar-refractivity contribution in [2.75, 3.05) is 6.54 Å². The smallest absolute Gasteiger partial charge is 0.0475 e. The highest BCUT2D eigenvalue weighted by Gasteiger charge is 2.23. The molecule has 1 rings (SSSR count). The van der Waals surface area contributed by atoms with Crippen LogP contribution in [0, 0.1) is 5.92 Å². The summed E-state index contributed by atoms with van der Waals surface area (Å²) < 4.78 is 0. The summed E-state index contributed by atoms with van der Waals surface area (Å²) in [4.78, 5) is 0. The Labute approximate surface area is 61.8 Å². The zero-order chi connectivity index (χ0) is 6.85. The Kier molecular flexibility index (Phi) is 2.36. The van der Waals surface area contributed by atoms with E-state index in [2.05, 4.69) is 19.2 Å². The molecule has 1 N–H and O–H groups in total. The summed E-state index contributed by atoms with van der Waals surface area (Å²) in [6, 6.07) is 0.660. The topological polar surface area (TPSA) is 12.0 Å². The van der Waals surface area contributed by atoms with Crippen LogP contribution in [0.5, 0.6) is 0 Å². The van der Waals surface area contributed by atoms with Gasteiger partial charge in [0, 0.05) is 18.0 Å². The lowest BCUT2D eigenvalue weighted by molar-refractivity contribution is 0.452. The third-order valence-corrected chi connectivity index (χ3v) is 2.25. The molecule has 9 heavy (non-hydrogen) atoms. The summed E-state index contributed by atoms with van der Waals surface area (Å²) >= 11 is 5.89. The molecule has 1 aliphatic heterocycles. The van der Waals surface area contributed by atoms with Gasteiger partial charge in [-0.25, -0.2) is 0 Å². The highest BCUT2D eigenvalue weighted by atomic mass is 35.5. The fourth-order valence-corrected chi connectivity index (χ4v) is 1.51. The van der Waals surface area contributed by atoms with Crippen LogP contribution in [-0.2, 0) is 0 Å². The van der Waals surface area contributed by atoms with Crippen LogP contribution in [0.2, 0.25) is 0 Å². The maximum Gasteiger partial charge on any atom is 0.0475 e. The molecule has 2 heteroatoms. The van der Waals surface area contributed by atoms with Gasteiger partial charge in [-0.3, -0.25) is 0 Å². The second-order valence-corrected chi connectivity index (χ2v) is 3.71. The highest BCUT2D eigenvalue weighted by Crippen LogP contribution is 2.17. The van der Waals surface area contributed by atoms with Crippen molar-refractivity contribution in [3.05, 3.63) is 0 Å². The standard InChI is InChI=1S/C7H14ClN/c1-5(2)7-3-6(8)4-9-7/h5-7,9H,3-4H2,1-2H3. The van der Waals surface area contributed by atoms with Crippen molar-refractivity contribution in [1.82, 2.24) is 5.32 Å². The van der Waals surface area contributed by atoms with Gasteiger partial charge >= 0.3 is 0 Å². The van der Waals surface area contributed by atoms with Crippen molar-refractivity contribution in [1.29, 1.82) is 0 Å². The largest absolute Gasteiger partial charge is 0.312 e. The molecule has 0 radical (unpaired) electrons. The van der Waals surface area contributed by atoms with E-state index in [0.29, 0.717) is 11.4 Å². The van der Waals surface area contributed by atoms with Gasteiger partial charge < -0.3 is 5.32 Å². The molecule has 54 valence electrons. The van der Waals surface area contributed by atoms with Gasteiger partial charge in [-0.1, -0.05) is 13.8 Å². The van der Waals surface area contributed by atoms with Crippen LogP contribution >= 0.6 is 11.6 Å². The number of halogens is 1. The number of nitrogens with one attached hydrogen (secondary N) is 1. The zero-order valence-electron chi connectivity index (χ0n) is 6.02. The third-order valence-electron chi connectivity index (χ3n) is 1.92. The molecule has 0 aromatic rings. The molecule has 0 bridgehead atoms. The number of alkyl halides is 1. The van der Waals surface area contributed by atoms with Crippen molar-refractivity contribution in [2.45, 2.75) is 31.7 Å². The molecule has 1 heterocycles. The Balaban J connectivity index is 2.30. The number of hydrogen-bond acceptors (Lipinski definition) is 1. The molecule has 0 saturated carbocycles. The molecule has 1 fully saturated rings. The quantitative estimate of drug-likeness (QED) is 0.556. The lowest BCUT2D eigenvalue weighted by Crippen LogP contribution is -2.26. The van der Waals surface area contributed by atoms with E-state index in [1.54, 1.807) is 0 Å². The monoisotopic (exact) mass is 147 g/mol. The Morgan fingerprint density at radius 2 is 2.22 bits per heavy atom. The van der Waals surface area contributed by atoms with Crippen molar-refractivity contribution in [2.24, 2.45) is 5.92 Å². The van der Waals surface area contributed by atoms with E-state index in [1.165, 1.54) is 0 Å². The van der Waals surface area contributed by atoms with E-state index < -0.39 is 0 Å². The minimum absolute atomic E-state index is 0.373. The Morgan fingerprint density at radius 1 is 1.56 bits per heavy atom. The van der Waals surface area contributed by atoms with Crippen LogP contribution in [0.4, 0.5) is 0 Å². The SMILES string of the molecule is CC(C)C1CC(Cl)CN1. The Morgan fingerprint density at radius 3 is 2.44 bits per heavy atom. The van der Waals surface area contributed by atoms with Gasteiger partial charge in [-0.15, -0.1) is 11.6 Å². The molecule has 1 nitrogen and oxygen atoms in total. The maximum atomic E-state index is 5.89. The minimum Gasteiger partial charge on any atom is -0.312 e. The average molecular weight is 148 g/mol. The summed E-state index contributed by atoms with van der Waals surface area (Å²) in [5, 5.41) is 3.75. The van der Waals surface area contributed by atoms with Gasteiger partial charge in [0.1, 0.15) is 0 Å². The normalized spacial score (nSPS) is 36.0. The van der Waals surface area contributed by atoms with E-state index in [-0.39, 0.29) is 0 Å². The lowest BCUT2D eigenvalue weighted by atomic mass is 10.0. The lowest BCUT2D eigenvalue weighted by Gasteiger charge is -2.12. The maximum absolute atomic E-state index is 5.89. The summed E-state index contributed by atoms with van der Waals surface area (Å²) in [6.07, 6.45) is 1.14. The molecule has 0 aliphatic carbocycles. The van der Waals surface area contributed by atoms with Crippen LogP contribution < -0.4 is 5.32 Å². The number of hydrogen-bond donors (Lipinski definition) is 1. The molecule has 0 spiro atoms. The van der Waals surface area contributed by atoms with Gasteiger partial charge in [0.15, 0.2) is 0 Å². The zero-order valence-corrected chi connectivity index (χ0v) is 6.78. The summed E-state index contributed by atoms with van der Waals surface area (Å²) in [5.41, 5.74) is 0. The Hall–Kier alpha value is 0.250. The van der Waals surface area contributed by atoms with E-state index in [0.717, 1.165) is 18.9 Å². The number of rotatable bonds is 1. The van der Waals surface area contributed by atoms with Gasteiger partial charge in [0.2, 0.25) is 0 Å². The third kappa shape index (κ3) is 1.84. The summed E-state index contributed by atoms with van der Waals surface area (Å²) in [6.45, 7) is 5.45. The summed E-state index contributed by atoms with van der Waals surface area (Å²) in [5.74, 6) is 0.730. The van der Waals surface area contributed by atoms with Crippen LogP contribution in [0.3, 0.4) is 0 Å². The average Bonchev–Trinajstić information content (AvgIpc) is 2.14. The molecule has 2 atom stereocenters. The van der Waals surface area contributed by atoms with Crippen LogP contribution in [0.15, 0.2) is 0 Å². The van der Waals surface area contributed by atoms with Crippen LogP contribution in [-0.4, -0.2) is 18.0 Å². The van der Waals surface area contributed by atoms with Crippen LogP contribution in [0.25, 0.3) is 0 Å². The van der Waals surface area contributed by atoms with Crippen LogP contribution in [0.1, 0.15) is 20.3 Å². The van der Waals surface area contributed by atoms with E-state index in [1.807, 2.05) is 0 Å². The second-order valence-electron chi connectivity index (χ2n) is 3.09. The molecule has 0 amide bonds. The van der Waals surface area contributed by atoms with E-state index in [9.17, 15) is 0 Å². The first-order valence-electron chi connectivity index (χ1n) is 3.57. The highest BCUT2D eigenvalue weighted by molar-refractivity contribution is 6.21. The van der Waals surface area contributed by atoms with Gasteiger partial charge in [-0.2, -0.15) is 0 Å². The molecule has 1 saturated heterocycles. The molecular weight excluding hydrogens is 134 g/mol.